The van der Waals surface area contributed by atoms with E-state index in [-0.39, 0.29) is 12.2 Å². The van der Waals surface area contributed by atoms with Crippen molar-refractivity contribution in [3.8, 4) is 11.5 Å². The second-order valence-electron chi connectivity index (χ2n) is 8.17. The summed E-state index contributed by atoms with van der Waals surface area (Å²) in [4.78, 5) is 2.34. The average molecular weight is 524 g/mol. The van der Waals surface area contributed by atoms with Gasteiger partial charge in [0, 0.05) is 30.9 Å². The van der Waals surface area contributed by atoms with E-state index in [2.05, 4.69) is 16.3 Å². The van der Waals surface area contributed by atoms with E-state index in [0.717, 1.165) is 35.1 Å². The predicted octanol–water partition coefficient (Wildman–Crippen LogP) is 7.98. The van der Waals surface area contributed by atoms with Crippen molar-refractivity contribution >= 4 is 46.2 Å². The first kappa shape index (κ1) is 24.8. The van der Waals surface area contributed by atoms with E-state index < -0.39 is 5.82 Å². The number of anilines is 2. The van der Waals surface area contributed by atoms with Crippen molar-refractivity contribution in [1.29, 1.82) is 0 Å². The van der Waals surface area contributed by atoms with E-state index in [0.29, 0.717) is 28.1 Å². The molecule has 8 heteroatoms. The second kappa shape index (κ2) is 11.4. The molecule has 180 valence electrons. The lowest BCUT2D eigenvalue weighted by molar-refractivity contribution is 0.280. The topological polar surface area (TPSA) is 33.7 Å². The fourth-order valence-corrected chi connectivity index (χ4v) is 4.85. The second-order valence-corrected chi connectivity index (χ2v) is 9.39. The Morgan fingerprint density at radius 3 is 2.44 bits per heavy atom. The Balaban J connectivity index is 1.44. The molecule has 0 unspecified atom stereocenters. The monoisotopic (exact) mass is 522 g/mol. The molecule has 3 aromatic carbocycles. The number of ether oxygens (including phenoxy) is 2. The number of methoxy groups -OCH3 is 1. The third-order valence-corrected chi connectivity index (χ3v) is 6.79. The van der Waals surface area contributed by atoms with E-state index in [1.807, 2.05) is 18.2 Å². The molecular formula is C26H26Cl3FN2O2. The average Bonchev–Trinajstić information content (AvgIpc) is 2.83. The van der Waals surface area contributed by atoms with Crippen molar-refractivity contribution < 1.29 is 13.9 Å². The Hall–Kier alpha value is -2.34. The summed E-state index contributed by atoms with van der Waals surface area (Å²) >= 11 is 19.2. The molecule has 1 fully saturated rings. The minimum atomic E-state index is -0.437. The summed E-state index contributed by atoms with van der Waals surface area (Å²) in [6.07, 6.45) is 3.68. The van der Waals surface area contributed by atoms with Gasteiger partial charge in [0.15, 0.2) is 11.5 Å². The van der Waals surface area contributed by atoms with Gasteiger partial charge in [-0.3, -0.25) is 0 Å². The van der Waals surface area contributed by atoms with E-state index in [9.17, 15) is 4.39 Å². The van der Waals surface area contributed by atoms with Crippen LogP contribution >= 0.6 is 34.8 Å². The van der Waals surface area contributed by atoms with Gasteiger partial charge in [0.25, 0.3) is 0 Å². The highest BCUT2D eigenvalue weighted by Gasteiger charge is 2.16. The van der Waals surface area contributed by atoms with Crippen LogP contribution in [0.25, 0.3) is 0 Å². The summed E-state index contributed by atoms with van der Waals surface area (Å²) in [7, 11) is 1.53. The Labute approximate surface area is 214 Å². The van der Waals surface area contributed by atoms with Crippen LogP contribution in [0.2, 0.25) is 15.1 Å². The largest absolute Gasteiger partial charge is 0.493 e. The minimum Gasteiger partial charge on any atom is -0.493 e. The zero-order valence-corrected chi connectivity index (χ0v) is 21.1. The van der Waals surface area contributed by atoms with Crippen LogP contribution in [0.1, 0.15) is 30.4 Å². The van der Waals surface area contributed by atoms with Crippen LogP contribution in [-0.4, -0.2) is 20.2 Å². The molecular weight excluding hydrogens is 498 g/mol. The van der Waals surface area contributed by atoms with Crippen LogP contribution in [0.15, 0.2) is 48.5 Å². The zero-order valence-electron chi connectivity index (χ0n) is 18.8. The fraction of sp³-hybridized carbons (Fsp3) is 0.308. The van der Waals surface area contributed by atoms with Crippen LogP contribution in [0, 0.1) is 5.82 Å². The van der Waals surface area contributed by atoms with Crippen LogP contribution < -0.4 is 19.7 Å². The molecule has 3 aromatic rings. The van der Waals surface area contributed by atoms with Gasteiger partial charge in [-0.05, 0) is 67.3 Å². The smallest absolute Gasteiger partial charge is 0.180 e. The normalized spacial score (nSPS) is 13.6. The molecule has 0 radical (unpaired) electrons. The number of hydrogen-bond acceptors (Lipinski definition) is 4. The first-order chi connectivity index (χ1) is 16.5. The summed E-state index contributed by atoms with van der Waals surface area (Å²) in [5.41, 5.74) is 3.15. The lowest BCUT2D eigenvalue weighted by Crippen LogP contribution is -2.29. The Kier molecular flexibility index (Phi) is 8.30. The summed E-state index contributed by atoms with van der Waals surface area (Å²) < 4.78 is 25.3. The third kappa shape index (κ3) is 5.83. The fourth-order valence-electron chi connectivity index (χ4n) is 4.04. The van der Waals surface area contributed by atoms with Crippen molar-refractivity contribution in [3.05, 3.63) is 80.5 Å². The summed E-state index contributed by atoms with van der Waals surface area (Å²) in [6.45, 7) is 2.53. The predicted molar refractivity (Wildman–Crippen MR) is 139 cm³/mol. The first-order valence-electron chi connectivity index (χ1n) is 11.2. The van der Waals surface area contributed by atoms with Crippen molar-refractivity contribution in [2.45, 2.75) is 32.4 Å². The number of hydrogen-bond donors (Lipinski definition) is 1. The molecule has 1 aliphatic heterocycles. The highest BCUT2D eigenvalue weighted by molar-refractivity contribution is 6.33. The number of rotatable bonds is 8. The van der Waals surface area contributed by atoms with Gasteiger partial charge in [-0.25, -0.2) is 4.39 Å². The van der Waals surface area contributed by atoms with Gasteiger partial charge in [0.1, 0.15) is 12.4 Å². The van der Waals surface area contributed by atoms with Crippen LogP contribution in [0.4, 0.5) is 15.8 Å². The van der Waals surface area contributed by atoms with Gasteiger partial charge in [0.2, 0.25) is 0 Å². The van der Waals surface area contributed by atoms with Crippen molar-refractivity contribution in [1.82, 2.24) is 0 Å². The quantitative estimate of drug-likeness (QED) is 0.324. The number of nitrogens with zero attached hydrogens (tertiary/aromatic N) is 1. The molecule has 0 amide bonds. The van der Waals surface area contributed by atoms with Crippen LogP contribution in [-0.2, 0) is 13.2 Å². The molecule has 0 aromatic heterocycles. The highest BCUT2D eigenvalue weighted by Crippen LogP contribution is 2.38. The number of piperidine rings is 1. The molecule has 1 N–H and O–H groups in total. The maximum atomic E-state index is 14.1. The zero-order chi connectivity index (χ0) is 24.1. The molecule has 1 saturated heterocycles. The lowest BCUT2D eigenvalue weighted by Gasteiger charge is -2.29. The van der Waals surface area contributed by atoms with Crippen molar-refractivity contribution in [3.63, 3.8) is 0 Å². The minimum absolute atomic E-state index is 0.0684. The van der Waals surface area contributed by atoms with Crippen molar-refractivity contribution in [2.75, 3.05) is 30.4 Å². The molecule has 0 atom stereocenters. The molecule has 1 heterocycles. The molecule has 0 spiro atoms. The molecule has 1 aliphatic rings. The molecule has 4 rings (SSSR count). The molecule has 0 aliphatic carbocycles. The van der Waals surface area contributed by atoms with E-state index in [1.54, 1.807) is 18.2 Å². The SMILES string of the molecule is COc1cc(CNc2ccc(N3CCCCC3)c(Cl)c2)cc(Cl)c1OCc1c(F)cccc1Cl. The number of benzene rings is 3. The van der Waals surface area contributed by atoms with Gasteiger partial charge in [-0.2, -0.15) is 0 Å². The van der Waals surface area contributed by atoms with E-state index in [4.69, 9.17) is 44.3 Å². The van der Waals surface area contributed by atoms with Gasteiger partial charge < -0.3 is 19.7 Å². The van der Waals surface area contributed by atoms with Crippen LogP contribution in [0.3, 0.4) is 0 Å². The molecule has 0 saturated carbocycles. The summed E-state index contributed by atoms with van der Waals surface area (Å²) in [6, 6.07) is 14.2. The molecule has 34 heavy (non-hydrogen) atoms. The Morgan fingerprint density at radius 1 is 0.941 bits per heavy atom. The van der Waals surface area contributed by atoms with E-state index >= 15 is 0 Å². The van der Waals surface area contributed by atoms with Crippen LogP contribution in [0.5, 0.6) is 11.5 Å². The van der Waals surface area contributed by atoms with E-state index in [1.165, 1.54) is 32.4 Å². The Morgan fingerprint density at radius 2 is 1.74 bits per heavy atom. The highest BCUT2D eigenvalue weighted by atomic mass is 35.5. The summed E-state index contributed by atoms with van der Waals surface area (Å²) in [5, 5.41) is 4.77. The maximum Gasteiger partial charge on any atom is 0.180 e. The van der Waals surface area contributed by atoms with Crippen molar-refractivity contribution in [2.24, 2.45) is 0 Å². The number of halogens is 4. The Bertz CT molecular complexity index is 1130. The maximum absolute atomic E-state index is 14.1. The standard InChI is InChI=1S/C26H26Cl3FN2O2/c1-33-25-13-17(12-22(29)26(25)34-16-19-20(27)6-5-7-23(19)30)15-31-18-8-9-24(21(28)14-18)32-10-3-2-4-11-32/h5-9,12-14,31H,2-4,10-11,15-16H2,1H3. The molecule has 0 bridgehead atoms. The van der Waals surface area contributed by atoms with Gasteiger partial charge in [-0.15, -0.1) is 0 Å². The van der Waals surface area contributed by atoms with Gasteiger partial charge >= 0.3 is 0 Å². The van der Waals surface area contributed by atoms with Gasteiger partial charge in [-0.1, -0.05) is 40.9 Å². The number of nitrogens with one attached hydrogen (secondary N) is 1. The van der Waals surface area contributed by atoms with Gasteiger partial charge in [0.05, 0.1) is 27.9 Å². The lowest BCUT2D eigenvalue weighted by atomic mass is 10.1. The summed E-state index contributed by atoms with van der Waals surface area (Å²) in [5.74, 6) is 0.352. The first-order valence-corrected chi connectivity index (χ1v) is 12.3. The molecule has 4 nitrogen and oxygen atoms in total. The third-order valence-electron chi connectivity index (χ3n) is 5.85.